The van der Waals surface area contributed by atoms with Crippen LogP contribution in [0.2, 0.25) is 0 Å². The van der Waals surface area contributed by atoms with Gasteiger partial charge in [0, 0.05) is 101 Å². The number of rotatable bonds is 11. The predicted octanol–water partition coefficient (Wildman–Crippen LogP) is 6.16. The van der Waals surface area contributed by atoms with Crippen LogP contribution in [0.5, 0.6) is 11.5 Å². The number of carbonyl (C=O) groups is 4. The van der Waals surface area contributed by atoms with Gasteiger partial charge in [0.2, 0.25) is 11.8 Å². The molecule has 70 heavy (non-hydrogen) atoms. The third-order valence-electron chi connectivity index (χ3n) is 15.9. The molecule has 366 valence electrons. The van der Waals surface area contributed by atoms with E-state index in [1.807, 2.05) is 66.7 Å². The molecule has 11 rings (SSSR count). The number of nitrogen functional groups attached to an aromatic ring is 1. The van der Waals surface area contributed by atoms with Gasteiger partial charge >= 0.3 is 6.03 Å². The van der Waals surface area contributed by atoms with E-state index in [0.29, 0.717) is 36.3 Å². The van der Waals surface area contributed by atoms with Crippen LogP contribution in [0.1, 0.15) is 86.2 Å². The molecule has 0 saturated carbocycles. The third kappa shape index (κ3) is 9.52. The lowest BCUT2D eigenvalue weighted by Gasteiger charge is -2.43. The molecule has 17 heteroatoms. The van der Waals surface area contributed by atoms with E-state index in [2.05, 4.69) is 50.5 Å². The molecule has 3 N–H and O–H groups in total. The summed E-state index contributed by atoms with van der Waals surface area (Å²) in [5.74, 6) is 1.88. The highest BCUT2D eigenvalue weighted by Gasteiger charge is 2.40. The highest BCUT2D eigenvalue weighted by atomic mass is 16.5. The van der Waals surface area contributed by atoms with Crippen LogP contribution in [0.25, 0.3) is 22.3 Å². The molecule has 5 saturated heterocycles. The van der Waals surface area contributed by atoms with Gasteiger partial charge in [-0.3, -0.25) is 24.6 Å². The Morgan fingerprint density at radius 1 is 0.743 bits per heavy atom. The molecule has 17 nitrogen and oxygen atoms in total. The van der Waals surface area contributed by atoms with Crippen LogP contribution in [0.15, 0.2) is 79.1 Å². The lowest BCUT2D eigenvalue weighted by molar-refractivity contribution is -0.136. The summed E-state index contributed by atoms with van der Waals surface area (Å²) in [6.45, 7) is 10.5. The van der Waals surface area contributed by atoms with Crippen LogP contribution >= 0.6 is 0 Å². The first-order chi connectivity index (χ1) is 34.2. The lowest BCUT2D eigenvalue weighted by Crippen LogP contribution is -2.55. The van der Waals surface area contributed by atoms with Gasteiger partial charge in [0.1, 0.15) is 35.4 Å². The van der Waals surface area contributed by atoms with Crippen LogP contribution in [0, 0.1) is 5.92 Å². The molecule has 1 atom stereocenters. The summed E-state index contributed by atoms with van der Waals surface area (Å²) in [5.41, 5.74) is 11.7. The zero-order valence-electron chi connectivity index (χ0n) is 40.0. The predicted molar refractivity (Wildman–Crippen MR) is 266 cm³/mol. The van der Waals surface area contributed by atoms with Gasteiger partial charge in [-0.05, 0) is 130 Å². The second-order valence-electron chi connectivity index (χ2n) is 20.1. The number of amides is 5. The zero-order chi connectivity index (χ0) is 47.7. The minimum Gasteiger partial charge on any atom is -0.457 e. The maximum absolute atomic E-state index is 13.7. The van der Waals surface area contributed by atoms with E-state index in [1.54, 1.807) is 4.90 Å². The molecule has 1 unspecified atom stereocenters. The van der Waals surface area contributed by atoms with Gasteiger partial charge in [-0.1, -0.05) is 18.2 Å². The van der Waals surface area contributed by atoms with Gasteiger partial charge in [-0.2, -0.15) is 5.10 Å². The molecule has 5 amide bonds. The SMILES string of the molecule is Nc1ncnc2c1c(-c1ccc(Oc3ccccc3)cc1)nn2C1CCN(C2CCN(C(=O)N3CCN(CCCC4CCN(c5ccc6c(c5)CN(C5CCC(=O)NC5=O)C6=O)CC4)CC3)CC2)CC1. The monoisotopic (exact) mass is 949 g/mol. The maximum Gasteiger partial charge on any atom is 0.320 e. The number of carbonyl (C=O) groups excluding carboxylic acids is 4. The van der Waals surface area contributed by atoms with Crippen molar-refractivity contribution < 1.29 is 23.9 Å². The molecule has 3 aromatic carbocycles. The number of para-hydroxylation sites is 1. The lowest BCUT2D eigenvalue weighted by atomic mass is 9.91. The Balaban J connectivity index is 0.590. The molecule has 5 aromatic rings. The number of benzene rings is 3. The van der Waals surface area contributed by atoms with Crippen LogP contribution in [-0.4, -0.2) is 152 Å². The summed E-state index contributed by atoms with van der Waals surface area (Å²) in [6, 6.07) is 24.0. The first kappa shape index (κ1) is 45.8. The fraction of sp³-hybridized carbons (Fsp3) is 0.491. The Morgan fingerprint density at radius 3 is 2.20 bits per heavy atom. The van der Waals surface area contributed by atoms with E-state index in [1.165, 1.54) is 19.2 Å². The fourth-order valence-corrected chi connectivity index (χ4v) is 11.9. The van der Waals surface area contributed by atoms with E-state index in [4.69, 9.17) is 15.6 Å². The number of ether oxygens (including phenoxy) is 1. The first-order valence-electron chi connectivity index (χ1n) is 25.6. The fourth-order valence-electron chi connectivity index (χ4n) is 11.9. The van der Waals surface area contributed by atoms with Crippen molar-refractivity contribution in [2.45, 2.75) is 88.9 Å². The molecular formula is C53H64N12O5. The molecule has 0 aliphatic carbocycles. The Bertz CT molecular complexity index is 2700. The Morgan fingerprint density at radius 2 is 1.46 bits per heavy atom. The number of imide groups is 1. The molecule has 0 bridgehead atoms. The Kier molecular flexibility index (Phi) is 13.1. The number of hydrogen-bond donors (Lipinski definition) is 2. The van der Waals surface area contributed by atoms with Gasteiger partial charge in [0.15, 0.2) is 5.65 Å². The molecule has 6 aliphatic rings. The second kappa shape index (κ2) is 20.0. The average Bonchev–Trinajstić information content (AvgIpc) is 3.95. The van der Waals surface area contributed by atoms with Gasteiger partial charge in [0.25, 0.3) is 5.91 Å². The first-order valence-corrected chi connectivity index (χ1v) is 25.6. The van der Waals surface area contributed by atoms with E-state index < -0.39 is 6.04 Å². The number of likely N-dealkylation sites (tertiary alicyclic amines) is 2. The second-order valence-corrected chi connectivity index (χ2v) is 20.1. The molecule has 5 fully saturated rings. The standard InChI is InChI=1S/C53H64N12O5/c54-49-47-48(37-8-11-43(12-9-37)70-42-6-2-1-3-7-42)58-65(50(47)56-35-55-49)40-20-25-60(26-21-40)39-18-27-62(28-19-39)53(69)63-31-29-59(30-32-63)22-4-5-36-16-23-61(24-17-36)41-10-13-44-38(33-41)34-64(52(44)68)45-14-15-46(66)57-51(45)67/h1-3,6-13,33,35-36,39-40,45H,4-5,14-32,34H2,(H2,54,55,56)(H,57,66,67). The van der Waals surface area contributed by atoms with Gasteiger partial charge in [-0.15, -0.1) is 0 Å². The number of nitrogens with two attached hydrogens (primary N) is 1. The molecular weight excluding hydrogens is 885 g/mol. The van der Waals surface area contributed by atoms with Gasteiger partial charge in [-0.25, -0.2) is 19.4 Å². The molecule has 8 heterocycles. The number of piperazine rings is 1. The number of urea groups is 1. The normalized spacial score (nSPS) is 21.4. The van der Waals surface area contributed by atoms with Crippen LogP contribution in [0.3, 0.4) is 0 Å². The van der Waals surface area contributed by atoms with Crippen molar-refractivity contribution in [2.75, 3.05) is 82.6 Å². The summed E-state index contributed by atoms with van der Waals surface area (Å²) >= 11 is 0. The van der Waals surface area contributed by atoms with Crippen LogP contribution in [-0.2, 0) is 16.1 Å². The smallest absolute Gasteiger partial charge is 0.320 e. The minimum atomic E-state index is -0.593. The number of fused-ring (bicyclic) bond motifs is 2. The van der Waals surface area contributed by atoms with Crippen molar-refractivity contribution >= 4 is 46.3 Å². The molecule has 2 aromatic heterocycles. The zero-order valence-corrected chi connectivity index (χ0v) is 40.0. The van der Waals surface area contributed by atoms with Crippen LogP contribution in [0.4, 0.5) is 16.3 Å². The average molecular weight is 949 g/mol. The number of nitrogens with one attached hydrogen (secondary N) is 1. The number of anilines is 2. The summed E-state index contributed by atoms with van der Waals surface area (Å²) in [7, 11) is 0. The minimum absolute atomic E-state index is 0.127. The van der Waals surface area contributed by atoms with E-state index in [0.717, 1.165) is 156 Å². The van der Waals surface area contributed by atoms with E-state index in [-0.39, 0.29) is 36.2 Å². The third-order valence-corrected chi connectivity index (χ3v) is 15.9. The maximum atomic E-state index is 13.7. The van der Waals surface area contributed by atoms with Crippen molar-refractivity contribution in [3.05, 3.63) is 90.3 Å². The Hall–Kier alpha value is -6.59. The molecule has 0 radical (unpaired) electrons. The number of piperidine rings is 4. The van der Waals surface area contributed by atoms with Crippen LogP contribution < -0.4 is 20.7 Å². The molecule has 0 spiro atoms. The summed E-state index contributed by atoms with van der Waals surface area (Å²) in [5, 5.41) is 8.31. The Labute approximate surface area is 408 Å². The quantitative estimate of drug-likeness (QED) is 0.144. The number of nitrogens with zero attached hydrogens (tertiary/aromatic N) is 10. The highest BCUT2D eigenvalue weighted by molar-refractivity contribution is 6.05. The van der Waals surface area contributed by atoms with Crippen molar-refractivity contribution in [1.82, 2.24) is 49.6 Å². The van der Waals surface area contributed by atoms with Crippen molar-refractivity contribution in [3.8, 4) is 22.8 Å². The van der Waals surface area contributed by atoms with Crippen molar-refractivity contribution in [2.24, 2.45) is 5.92 Å². The summed E-state index contributed by atoms with van der Waals surface area (Å²) in [4.78, 5) is 73.4. The number of aromatic nitrogens is 4. The summed E-state index contributed by atoms with van der Waals surface area (Å²) < 4.78 is 8.10. The largest absolute Gasteiger partial charge is 0.457 e. The highest BCUT2D eigenvalue weighted by Crippen LogP contribution is 2.37. The summed E-state index contributed by atoms with van der Waals surface area (Å²) in [6.07, 6.45) is 10.8. The van der Waals surface area contributed by atoms with Gasteiger partial charge < -0.3 is 35.0 Å². The topological polar surface area (TPSA) is 179 Å². The van der Waals surface area contributed by atoms with E-state index in [9.17, 15) is 19.2 Å². The molecule has 6 aliphatic heterocycles. The van der Waals surface area contributed by atoms with E-state index >= 15 is 0 Å². The van der Waals surface area contributed by atoms with Crippen molar-refractivity contribution in [3.63, 3.8) is 0 Å². The van der Waals surface area contributed by atoms with Gasteiger partial charge in [0.05, 0.1) is 11.4 Å². The van der Waals surface area contributed by atoms with Crippen molar-refractivity contribution in [1.29, 1.82) is 0 Å². The number of hydrogen-bond acceptors (Lipinski definition) is 12.